The fourth-order valence-electron chi connectivity index (χ4n) is 2.69. The minimum atomic E-state index is -2.86. The van der Waals surface area contributed by atoms with Crippen molar-refractivity contribution < 1.29 is 23.0 Å². The maximum atomic E-state index is 12.3. The fraction of sp³-hybridized carbons (Fsp3) is 0.350. The molecule has 2 aromatic rings. The Morgan fingerprint density at radius 1 is 1.11 bits per heavy atom. The molecule has 1 N–H and O–H groups in total. The van der Waals surface area contributed by atoms with Gasteiger partial charge in [-0.05, 0) is 49.5 Å². The van der Waals surface area contributed by atoms with Crippen LogP contribution in [0.1, 0.15) is 17.2 Å². The van der Waals surface area contributed by atoms with E-state index in [-0.39, 0.29) is 24.1 Å². The number of benzene rings is 2. The molecule has 0 saturated carbocycles. The Kier molecular flexibility index (Phi) is 7.55. The summed E-state index contributed by atoms with van der Waals surface area (Å²) in [6, 6.07) is 13.8. The maximum absolute atomic E-state index is 12.3. The molecule has 0 aliphatic heterocycles. The average Bonchev–Trinajstić information content (AvgIpc) is 2.63. The number of hydrogen-bond acceptors (Lipinski definition) is 4. The van der Waals surface area contributed by atoms with Gasteiger partial charge in [0.05, 0.1) is 19.6 Å². The molecule has 0 saturated heterocycles. The van der Waals surface area contributed by atoms with Gasteiger partial charge in [-0.2, -0.15) is 8.78 Å². The molecule has 0 aliphatic rings. The smallest absolute Gasteiger partial charge is 0.387 e. The number of rotatable bonds is 9. The lowest BCUT2D eigenvalue weighted by Gasteiger charge is -2.25. The van der Waals surface area contributed by atoms with Crippen molar-refractivity contribution in [3.63, 3.8) is 0 Å². The van der Waals surface area contributed by atoms with Gasteiger partial charge in [0.25, 0.3) is 0 Å². The third-order valence-corrected chi connectivity index (χ3v) is 4.11. The molecular weight excluding hydrogens is 354 g/mol. The van der Waals surface area contributed by atoms with Gasteiger partial charge in [-0.1, -0.05) is 24.3 Å². The SMILES string of the molecule is COc1cccc(C(CNC(=O)Cc2ccc(OC(F)F)cc2)N(C)C)c1. The van der Waals surface area contributed by atoms with E-state index in [4.69, 9.17) is 4.74 Å². The van der Waals surface area contributed by atoms with E-state index in [0.29, 0.717) is 6.54 Å². The Bertz CT molecular complexity index is 736. The van der Waals surface area contributed by atoms with Gasteiger partial charge >= 0.3 is 6.61 Å². The van der Waals surface area contributed by atoms with Crippen LogP contribution in [0.5, 0.6) is 11.5 Å². The zero-order valence-electron chi connectivity index (χ0n) is 15.6. The number of amides is 1. The van der Waals surface area contributed by atoms with E-state index in [1.165, 1.54) is 12.1 Å². The number of carbonyl (C=O) groups is 1. The van der Waals surface area contributed by atoms with Gasteiger partial charge in [0.15, 0.2) is 0 Å². The van der Waals surface area contributed by atoms with Gasteiger partial charge in [0.1, 0.15) is 11.5 Å². The first kappa shape index (κ1) is 20.6. The Morgan fingerprint density at radius 2 is 1.81 bits per heavy atom. The highest BCUT2D eigenvalue weighted by Crippen LogP contribution is 2.22. The summed E-state index contributed by atoms with van der Waals surface area (Å²) in [5, 5.41) is 2.92. The van der Waals surface area contributed by atoms with Crippen LogP contribution in [0.2, 0.25) is 0 Å². The monoisotopic (exact) mass is 378 g/mol. The maximum Gasteiger partial charge on any atom is 0.387 e. The van der Waals surface area contributed by atoms with Crippen LogP contribution in [0, 0.1) is 0 Å². The van der Waals surface area contributed by atoms with E-state index in [2.05, 4.69) is 10.1 Å². The molecule has 146 valence electrons. The van der Waals surface area contributed by atoms with Crippen molar-refractivity contribution in [1.29, 1.82) is 0 Å². The van der Waals surface area contributed by atoms with Crippen molar-refractivity contribution in [3.8, 4) is 11.5 Å². The largest absolute Gasteiger partial charge is 0.497 e. The topological polar surface area (TPSA) is 50.8 Å². The molecule has 2 rings (SSSR count). The molecule has 0 spiro atoms. The fourth-order valence-corrected chi connectivity index (χ4v) is 2.69. The highest BCUT2D eigenvalue weighted by Gasteiger charge is 2.16. The van der Waals surface area contributed by atoms with Crippen LogP contribution in [-0.4, -0.2) is 45.2 Å². The lowest BCUT2D eigenvalue weighted by atomic mass is 10.1. The minimum absolute atomic E-state index is 0.00846. The van der Waals surface area contributed by atoms with Crippen LogP contribution in [0.25, 0.3) is 0 Å². The lowest BCUT2D eigenvalue weighted by Crippen LogP contribution is -2.35. The number of nitrogens with zero attached hydrogens (tertiary/aromatic N) is 1. The molecule has 1 atom stereocenters. The molecule has 7 heteroatoms. The number of halogens is 2. The summed E-state index contributed by atoms with van der Waals surface area (Å²) in [6.07, 6.45) is 0.160. The van der Waals surface area contributed by atoms with E-state index in [9.17, 15) is 13.6 Å². The molecule has 2 aromatic carbocycles. The third kappa shape index (κ3) is 6.53. The van der Waals surface area contributed by atoms with Crippen molar-refractivity contribution in [2.45, 2.75) is 19.1 Å². The van der Waals surface area contributed by atoms with Crippen LogP contribution in [-0.2, 0) is 11.2 Å². The molecule has 1 unspecified atom stereocenters. The van der Waals surface area contributed by atoms with Crippen LogP contribution in [0.3, 0.4) is 0 Å². The van der Waals surface area contributed by atoms with E-state index in [1.807, 2.05) is 43.3 Å². The summed E-state index contributed by atoms with van der Waals surface area (Å²) in [6.45, 7) is -2.43. The predicted molar refractivity (Wildman–Crippen MR) is 99.2 cm³/mol. The highest BCUT2D eigenvalue weighted by molar-refractivity contribution is 5.78. The number of ether oxygens (including phenoxy) is 2. The average molecular weight is 378 g/mol. The molecule has 27 heavy (non-hydrogen) atoms. The third-order valence-electron chi connectivity index (χ3n) is 4.11. The number of likely N-dealkylation sites (N-methyl/N-ethyl adjacent to an activating group) is 1. The van der Waals surface area contributed by atoms with Gasteiger partial charge in [-0.15, -0.1) is 0 Å². The van der Waals surface area contributed by atoms with Crippen LogP contribution in [0.4, 0.5) is 8.78 Å². The predicted octanol–water partition coefficient (Wildman–Crippen LogP) is 3.26. The van der Waals surface area contributed by atoms with Crippen molar-refractivity contribution in [2.75, 3.05) is 27.7 Å². The molecule has 0 bridgehead atoms. The van der Waals surface area contributed by atoms with Crippen LogP contribution in [0.15, 0.2) is 48.5 Å². The van der Waals surface area contributed by atoms with E-state index < -0.39 is 6.61 Å². The zero-order valence-corrected chi connectivity index (χ0v) is 15.6. The number of hydrogen-bond donors (Lipinski definition) is 1. The van der Waals surface area contributed by atoms with Gasteiger partial charge in [0.2, 0.25) is 5.91 Å². The number of methoxy groups -OCH3 is 1. The summed E-state index contributed by atoms with van der Waals surface area (Å²) in [5.74, 6) is 0.684. The second kappa shape index (κ2) is 9.87. The molecule has 0 aliphatic carbocycles. The quantitative estimate of drug-likeness (QED) is 0.728. The second-order valence-electron chi connectivity index (χ2n) is 6.26. The van der Waals surface area contributed by atoms with E-state index in [0.717, 1.165) is 16.9 Å². The number of nitrogens with one attached hydrogen (secondary N) is 1. The summed E-state index contributed by atoms with van der Waals surface area (Å²) in [7, 11) is 5.50. The van der Waals surface area contributed by atoms with Crippen LogP contribution < -0.4 is 14.8 Å². The normalized spacial score (nSPS) is 12.1. The molecule has 0 fully saturated rings. The summed E-state index contributed by atoms with van der Waals surface area (Å²) >= 11 is 0. The van der Waals surface area contributed by atoms with Crippen molar-refractivity contribution >= 4 is 5.91 Å². The van der Waals surface area contributed by atoms with Gasteiger partial charge in [-0.3, -0.25) is 4.79 Å². The second-order valence-corrected chi connectivity index (χ2v) is 6.26. The molecule has 0 radical (unpaired) electrons. The summed E-state index contributed by atoms with van der Waals surface area (Å²) in [5.41, 5.74) is 1.75. The minimum Gasteiger partial charge on any atom is -0.497 e. The first-order valence-electron chi connectivity index (χ1n) is 8.50. The Hall–Kier alpha value is -2.67. The van der Waals surface area contributed by atoms with Crippen molar-refractivity contribution in [2.24, 2.45) is 0 Å². The molecule has 5 nitrogen and oxygen atoms in total. The standard InChI is InChI=1S/C20H24F2N2O3/c1-24(2)18(15-5-4-6-17(12-15)26-3)13-23-19(25)11-14-7-9-16(10-8-14)27-20(21)22/h4-10,12,18,20H,11,13H2,1-3H3,(H,23,25). The lowest BCUT2D eigenvalue weighted by molar-refractivity contribution is -0.120. The van der Waals surface area contributed by atoms with E-state index in [1.54, 1.807) is 19.2 Å². The molecule has 1 amide bonds. The zero-order chi connectivity index (χ0) is 19.8. The highest BCUT2D eigenvalue weighted by atomic mass is 19.3. The van der Waals surface area contributed by atoms with Gasteiger partial charge < -0.3 is 19.7 Å². The molecule has 0 aromatic heterocycles. The Balaban J connectivity index is 1.93. The van der Waals surface area contributed by atoms with Crippen molar-refractivity contribution in [3.05, 3.63) is 59.7 Å². The summed E-state index contributed by atoms with van der Waals surface area (Å²) in [4.78, 5) is 14.3. The van der Waals surface area contributed by atoms with E-state index >= 15 is 0 Å². The number of carbonyl (C=O) groups excluding carboxylic acids is 1. The summed E-state index contributed by atoms with van der Waals surface area (Å²) < 4.78 is 33.9. The Morgan fingerprint density at radius 3 is 2.41 bits per heavy atom. The number of alkyl halides is 2. The van der Waals surface area contributed by atoms with Crippen molar-refractivity contribution in [1.82, 2.24) is 10.2 Å². The van der Waals surface area contributed by atoms with Gasteiger partial charge in [-0.25, -0.2) is 0 Å². The molecule has 0 heterocycles. The first-order valence-corrected chi connectivity index (χ1v) is 8.50. The van der Waals surface area contributed by atoms with Crippen LogP contribution >= 0.6 is 0 Å². The van der Waals surface area contributed by atoms with Gasteiger partial charge in [0, 0.05) is 6.54 Å². The first-order chi connectivity index (χ1) is 12.9. The molecular formula is C20H24F2N2O3. The Labute approximate surface area is 157 Å².